The summed E-state index contributed by atoms with van der Waals surface area (Å²) in [5.74, 6) is 0.659. The standard InChI is InChI=1S/C12H13BrN4O3/c13-12-2-1-9(3-14-12)20-5-8-4-17(16-15-8)10-6-19-7-11(10)18/h1-4,10-11,18H,5-7H2/t10-,11-/m1/s1. The Morgan fingerprint density at radius 2 is 2.35 bits per heavy atom. The first-order valence-corrected chi connectivity index (χ1v) is 6.92. The molecule has 0 amide bonds. The highest BCUT2D eigenvalue weighted by atomic mass is 79.9. The van der Waals surface area contributed by atoms with Crippen molar-refractivity contribution in [3.8, 4) is 5.75 Å². The first-order valence-electron chi connectivity index (χ1n) is 6.13. The van der Waals surface area contributed by atoms with Crippen LogP contribution in [0.4, 0.5) is 0 Å². The van der Waals surface area contributed by atoms with Gasteiger partial charge in [0.15, 0.2) is 0 Å². The summed E-state index contributed by atoms with van der Waals surface area (Å²) in [5.41, 5.74) is 0.687. The van der Waals surface area contributed by atoms with Gasteiger partial charge in [-0.15, -0.1) is 5.10 Å². The molecule has 8 heteroatoms. The quantitative estimate of drug-likeness (QED) is 0.834. The first kappa shape index (κ1) is 13.5. The lowest BCUT2D eigenvalue weighted by molar-refractivity contribution is 0.117. The Kier molecular flexibility index (Phi) is 3.95. The average Bonchev–Trinajstić information content (AvgIpc) is 3.06. The van der Waals surface area contributed by atoms with E-state index < -0.39 is 6.10 Å². The van der Waals surface area contributed by atoms with Gasteiger partial charge in [0.05, 0.1) is 25.6 Å². The van der Waals surface area contributed by atoms with Gasteiger partial charge in [0, 0.05) is 0 Å². The molecule has 0 radical (unpaired) electrons. The Labute approximate surface area is 123 Å². The van der Waals surface area contributed by atoms with Crippen LogP contribution in [0, 0.1) is 0 Å². The van der Waals surface area contributed by atoms with Crippen LogP contribution >= 0.6 is 15.9 Å². The third kappa shape index (κ3) is 2.97. The number of nitrogens with zero attached hydrogens (tertiary/aromatic N) is 4. The highest BCUT2D eigenvalue weighted by molar-refractivity contribution is 9.10. The molecule has 0 spiro atoms. The van der Waals surface area contributed by atoms with E-state index in [1.807, 2.05) is 6.07 Å². The molecular formula is C12H13BrN4O3. The Morgan fingerprint density at radius 1 is 1.45 bits per heavy atom. The minimum absolute atomic E-state index is 0.175. The molecule has 0 aliphatic carbocycles. The van der Waals surface area contributed by atoms with Gasteiger partial charge < -0.3 is 14.6 Å². The summed E-state index contributed by atoms with van der Waals surface area (Å²) in [5, 5.41) is 17.7. The van der Waals surface area contributed by atoms with E-state index in [1.165, 1.54) is 0 Å². The highest BCUT2D eigenvalue weighted by Gasteiger charge is 2.28. The lowest BCUT2D eigenvalue weighted by atomic mass is 10.2. The normalized spacial score (nSPS) is 22.1. The molecule has 106 valence electrons. The van der Waals surface area contributed by atoms with Crippen LogP contribution in [-0.4, -0.2) is 44.4 Å². The van der Waals surface area contributed by atoms with Crippen molar-refractivity contribution in [2.24, 2.45) is 0 Å². The van der Waals surface area contributed by atoms with Crippen molar-refractivity contribution < 1.29 is 14.6 Å². The molecule has 2 aromatic rings. The summed E-state index contributed by atoms with van der Waals surface area (Å²) in [6, 6.07) is 3.44. The fourth-order valence-corrected chi connectivity index (χ4v) is 2.17. The summed E-state index contributed by atoms with van der Waals surface area (Å²) >= 11 is 3.26. The molecule has 7 nitrogen and oxygen atoms in total. The van der Waals surface area contributed by atoms with Gasteiger partial charge in [-0.25, -0.2) is 9.67 Å². The lowest BCUT2D eigenvalue weighted by Gasteiger charge is -2.10. The van der Waals surface area contributed by atoms with Crippen LogP contribution < -0.4 is 4.74 Å². The van der Waals surface area contributed by atoms with Crippen molar-refractivity contribution in [2.45, 2.75) is 18.8 Å². The number of aliphatic hydroxyl groups excluding tert-OH is 1. The molecule has 1 saturated heterocycles. The fourth-order valence-electron chi connectivity index (χ4n) is 1.93. The number of pyridine rings is 1. The van der Waals surface area contributed by atoms with Gasteiger partial charge >= 0.3 is 0 Å². The number of aliphatic hydroxyl groups is 1. The van der Waals surface area contributed by atoms with E-state index in [2.05, 4.69) is 31.2 Å². The largest absolute Gasteiger partial charge is 0.486 e. The van der Waals surface area contributed by atoms with Gasteiger partial charge in [-0.1, -0.05) is 5.21 Å². The smallest absolute Gasteiger partial charge is 0.138 e. The molecule has 20 heavy (non-hydrogen) atoms. The molecule has 2 aromatic heterocycles. The maximum atomic E-state index is 9.73. The number of hydrogen-bond acceptors (Lipinski definition) is 6. The third-order valence-corrected chi connectivity index (χ3v) is 3.47. The van der Waals surface area contributed by atoms with Crippen LogP contribution in [0.2, 0.25) is 0 Å². The van der Waals surface area contributed by atoms with Gasteiger partial charge in [0.2, 0.25) is 0 Å². The monoisotopic (exact) mass is 340 g/mol. The van der Waals surface area contributed by atoms with Gasteiger partial charge in [-0.2, -0.15) is 0 Å². The van der Waals surface area contributed by atoms with Gasteiger partial charge in [-0.05, 0) is 28.1 Å². The van der Waals surface area contributed by atoms with Crippen molar-refractivity contribution in [1.29, 1.82) is 0 Å². The number of aromatic nitrogens is 4. The van der Waals surface area contributed by atoms with E-state index in [0.717, 1.165) is 4.60 Å². The zero-order valence-electron chi connectivity index (χ0n) is 10.5. The van der Waals surface area contributed by atoms with Crippen LogP contribution in [-0.2, 0) is 11.3 Å². The second kappa shape index (κ2) is 5.86. The summed E-state index contributed by atoms with van der Waals surface area (Å²) in [6.07, 6.45) is 2.85. The van der Waals surface area contributed by atoms with Gasteiger partial charge in [0.25, 0.3) is 0 Å². The molecule has 0 unspecified atom stereocenters. The number of hydrogen-bond donors (Lipinski definition) is 1. The summed E-state index contributed by atoms with van der Waals surface area (Å²) in [4.78, 5) is 4.07. The molecule has 1 N–H and O–H groups in total. The summed E-state index contributed by atoms with van der Waals surface area (Å²) < 4.78 is 13.1. The zero-order valence-corrected chi connectivity index (χ0v) is 12.1. The maximum absolute atomic E-state index is 9.73. The molecule has 1 aliphatic heterocycles. The van der Waals surface area contributed by atoms with Crippen LogP contribution in [0.15, 0.2) is 29.1 Å². The summed E-state index contributed by atoms with van der Waals surface area (Å²) in [6.45, 7) is 1.08. The zero-order chi connectivity index (χ0) is 13.9. The molecule has 3 rings (SSSR count). The van der Waals surface area contributed by atoms with E-state index in [1.54, 1.807) is 23.1 Å². The Morgan fingerprint density at radius 3 is 3.05 bits per heavy atom. The SMILES string of the molecule is O[C@@H]1COC[C@H]1n1cc(COc2ccc(Br)nc2)nn1. The van der Waals surface area contributed by atoms with E-state index in [9.17, 15) is 5.11 Å². The van der Waals surface area contributed by atoms with Crippen LogP contribution in [0.25, 0.3) is 0 Å². The van der Waals surface area contributed by atoms with E-state index in [4.69, 9.17) is 9.47 Å². The molecule has 0 saturated carbocycles. The third-order valence-electron chi connectivity index (χ3n) is 3.01. The van der Waals surface area contributed by atoms with Crippen molar-refractivity contribution in [3.63, 3.8) is 0 Å². The molecule has 1 aliphatic rings. The van der Waals surface area contributed by atoms with E-state index in [-0.39, 0.29) is 6.04 Å². The molecule has 1 fully saturated rings. The molecule has 2 atom stereocenters. The van der Waals surface area contributed by atoms with Gasteiger partial charge in [-0.3, -0.25) is 0 Å². The van der Waals surface area contributed by atoms with E-state index >= 15 is 0 Å². The minimum Gasteiger partial charge on any atom is -0.486 e. The van der Waals surface area contributed by atoms with Gasteiger partial charge in [0.1, 0.15) is 34.8 Å². The minimum atomic E-state index is -0.541. The number of rotatable bonds is 4. The number of ether oxygens (including phenoxy) is 2. The molecule has 0 bridgehead atoms. The maximum Gasteiger partial charge on any atom is 0.138 e. The molecular weight excluding hydrogens is 328 g/mol. The predicted molar refractivity (Wildman–Crippen MR) is 72.2 cm³/mol. The highest BCUT2D eigenvalue weighted by Crippen LogP contribution is 2.19. The topological polar surface area (TPSA) is 82.3 Å². The van der Waals surface area contributed by atoms with Crippen molar-refractivity contribution in [1.82, 2.24) is 20.0 Å². The lowest BCUT2D eigenvalue weighted by Crippen LogP contribution is -2.22. The van der Waals surface area contributed by atoms with Crippen LogP contribution in [0.1, 0.15) is 11.7 Å². The summed E-state index contributed by atoms with van der Waals surface area (Å²) in [7, 11) is 0. The van der Waals surface area contributed by atoms with Crippen LogP contribution in [0.3, 0.4) is 0 Å². The Balaban J connectivity index is 1.61. The van der Waals surface area contributed by atoms with Crippen molar-refractivity contribution in [3.05, 3.63) is 34.8 Å². The first-order chi connectivity index (χ1) is 9.72. The predicted octanol–water partition coefficient (Wildman–Crippen LogP) is 0.947. The fraction of sp³-hybridized carbons (Fsp3) is 0.417. The second-order valence-electron chi connectivity index (χ2n) is 4.47. The second-order valence-corrected chi connectivity index (χ2v) is 5.28. The Bertz CT molecular complexity index is 574. The van der Waals surface area contributed by atoms with Crippen LogP contribution in [0.5, 0.6) is 5.75 Å². The molecule has 3 heterocycles. The number of halogens is 1. The van der Waals surface area contributed by atoms with Crippen molar-refractivity contribution in [2.75, 3.05) is 13.2 Å². The van der Waals surface area contributed by atoms with Crippen molar-refractivity contribution >= 4 is 15.9 Å². The van der Waals surface area contributed by atoms with E-state index in [0.29, 0.717) is 31.3 Å². The average molecular weight is 341 g/mol. The molecule has 0 aromatic carbocycles. The Hall–Kier alpha value is -1.51.